The molecule has 5 rings (SSSR count). The lowest BCUT2D eigenvalue weighted by Crippen LogP contribution is -2.29. The number of carbonyl (C=O) groups is 2. The van der Waals surface area contributed by atoms with Crippen LogP contribution in [-0.4, -0.2) is 26.3 Å². The second-order valence-corrected chi connectivity index (χ2v) is 9.08. The molecule has 0 fully saturated rings. The number of rotatable bonds is 4. The molecule has 31 heavy (non-hydrogen) atoms. The summed E-state index contributed by atoms with van der Waals surface area (Å²) in [7, 11) is -3.91. The summed E-state index contributed by atoms with van der Waals surface area (Å²) < 4.78 is 14.7. The number of nitrogens with zero attached hydrogens (tertiary/aromatic N) is 3. The average Bonchev–Trinajstić information content (AvgIpc) is 3.39. The van der Waals surface area contributed by atoms with E-state index >= 15 is 0 Å². The number of anilines is 1. The molecule has 0 aliphatic carbocycles. The van der Waals surface area contributed by atoms with Gasteiger partial charge in [-0.25, -0.2) is 9.88 Å². The Bertz CT molecular complexity index is 1330. The van der Waals surface area contributed by atoms with Crippen molar-refractivity contribution in [2.75, 3.05) is 4.90 Å². The maximum Gasteiger partial charge on any atom is 0.293 e. The van der Waals surface area contributed by atoms with Crippen molar-refractivity contribution >= 4 is 35.7 Å². The molecule has 4 aromatic rings. The lowest BCUT2D eigenvalue weighted by atomic mass is 10.1. The van der Waals surface area contributed by atoms with Crippen LogP contribution in [0.15, 0.2) is 91.3 Å². The Morgan fingerprint density at radius 1 is 0.742 bits per heavy atom. The van der Waals surface area contributed by atoms with Crippen LogP contribution >= 0.6 is 7.37 Å². The van der Waals surface area contributed by atoms with Crippen LogP contribution in [0.1, 0.15) is 20.7 Å². The van der Waals surface area contributed by atoms with Crippen molar-refractivity contribution in [3.63, 3.8) is 0 Å². The fourth-order valence-corrected chi connectivity index (χ4v) is 5.16. The number of fused-ring (bicyclic) bond motifs is 1. The number of hydrogen-bond donors (Lipinski definition) is 1. The molecular weight excluding hydrogens is 413 g/mol. The number of benzene rings is 3. The summed E-state index contributed by atoms with van der Waals surface area (Å²) in [5.74, 6) is -0.749. The first-order valence-electron chi connectivity index (χ1n) is 9.49. The van der Waals surface area contributed by atoms with Crippen molar-refractivity contribution in [1.82, 2.24) is 9.55 Å². The number of amides is 2. The van der Waals surface area contributed by atoms with Crippen molar-refractivity contribution in [2.24, 2.45) is 0 Å². The highest BCUT2D eigenvalue weighted by Gasteiger charge is 2.36. The quantitative estimate of drug-likeness (QED) is 0.398. The molecule has 0 saturated heterocycles. The Labute approximate surface area is 177 Å². The van der Waals surface area contributed by atoms with E-state index in [-0.39, 0.29) is 22.7 Å². The Morgan fingerprint density at radius 2 is 1.29 bits per heavy atom. The predicted octanol–water partition coefficient (Wildman–Crippen LogP) is 2.89. The number of aromatic nitrogens is 2. The summed E-state index contributed by atoms with van der Waals surface area (Å²) in [4.78, 5) is 41.4. The van der Waals surface area contributed by atoms with Gasteiger partial charge in [-0.1, -0.05) is 30.3 Å². The zero-order chi connectivity index (χ0) is 21.6. The fraction of sp³-hybridized carbons (Fsp3) is 0. The van der Waals surface area contributed by atoms with Crippen molar-refractivity contribution in [2.45, 2.75) is 0 Å². The third kappa shape index (κ3) is 3.03. The predicted molar refractivity (Wildman–Crippen MR) is 117 cm³/mol. The van der Waals surface area contributed by atoms with Gasteiger partial charge in [-0.2, -0.15) is 0 Å². The van der Waals surface area contributed by atoms with Gasteiger partial charge in [-0.3, -0.25) is 18.7 Å². The van der Waals surface area contributed by atoms with Gasteiger partial charge in [0.25, 0.3) is 19.2 Å². The van der Waals surface area contributed by atoms with Gasteiger partial charge in [0, 0.05) is 23.4 Å². The van der Waals surface area contributed by atoms with E-state index in [0.717, 1.165) is 4.90 Å². The molecule has 0 bridgehead atoms. The number of imidazole rings is 1. The van der Waals surface area contributed by atoms with E-state index in [1.807, 2.05) is 0 Å². The first-order chi connectivity index (χ1) is 15.0. The SMILES string of the molecule is O=C1c2ccccc2C(=O)N1c1ccc(-n2ccnc2P(=O)(O)c2ccccc2)cc1. The zero-order valence-corrected chi connectivity index (χ0v) is 17.0. The standard InChI is InChI=1S/C23H16N3O4P/c27-21-19-8-4-5-9-20(19)22(28)26(21)17-12-10-16(11-13-17)25-15-14-24-23(25)31(29,30)18-6-2-1-3-7-18/h1-15H,(H,29,30). The second-order valence-electron chi connectivity index (χ2n) is 7.02. The van der Waals surface area contributed by atoms with Crippen molar-refractivity contribution in [1.29, 1.82) is 0 Å². The van der Waals surface area contributed by atoms with Gasteiger partial charge in [-0.05, 0) is 48.5 Å². The zero-order valence-electron chi connectivity index (χ0n) is 16.1. The van der Waals surface area contributed by atoms with E-state index in [0.29, 0.717) is 22.5 Å². The molecule has 1 aliphatic rings. The molecular formula is C23H16N3O4P. The number of imide groups is 1. The molecule has 1 atom stereocenters. The molecule has 2 amide bonds. The normalized spacial score (nSPS) is 15.1. The van der Waals surface area contributed by atoms with E-state index in [4.69, 9.17) is 0 Å². The molecule has 8 heteroatoms. The van der Waals surface area contributed by atoms with E-state index in [9.17, 15) is 19.0 Å². The van der Waals surface area contributed by atoms with Crippen LogP contribution in [0.4, 0.5) is 5.69 Å². The van der Waals surface area contributed by atoms with E-state index < -0.39 is 7.37 Å². The summed E-state index contributed by atoms with van der Waals surface area (Å²) in [6, 6.07) is 21.7. The van der Waals surface area contributed by atoms with Crippen LogP contribution in [0.3, 0.4) is 0 Å². The van der Waals surface area contributed by atoms with Crippen LogP contribution in [0.2, 0.25) is 0 Å². The Balaban J connectivity index is 1.50. The van der Waals surface area contributed by atoms with Crippen LogP contribution in [0.5, 0.6) is 0 Å². The monoisotopic (exact) mass is 429 g/mol. The topological polar surface area (TPSA) is 92.5 Å². The van der Waals surface area contributed by atoms with Gasteiger partial charge in [0.15, 0.2) is 0 Å². The molecule has 0 spiro atoms. The molecule has 2 heterocycles. The minimum Gasteiger partial charge on any atom is -0.336 e. The summed E-state index contributed by atoms with van der Waals surface area (Å²) >= 11 is 0. The van der Waals surface area contributed by atoms with E-state index in [1.54, 1.807) is 85.1 Å². The Kier molecular flexibility index (Phi) is 4.43. The van der Waals surface area contributed by atoms with Gasteiger partial charge in [0.1, 0.15) is 0 Å². The van der Waals surface area contributed by atoms with Crippen LogP contribution in [0, 0.1) is 0 Å². The van der Waals surface area contributed by atoms with Gasteiger partial charge < -0.3 is 4.89 Å². The lowest BCUT2D eigenvalue weighted by molar-refractivity contribution is 0.0926. The van der Waals surface area contributed by atoms with Crippen molar-refractivity contribution < 1.29 is 19.0 Å². The van der Waals surface area contributed by atoms with Crippen LogP contribution in [-0.2, 0) is 4.57 Å². The van der Waals surface area contributed by atoms with Gasteiger partial charge in [0.2, 0.25) is 5.57 Å². The minimum atomic E-state index is -3.91. The van der Waals surface area contributed by atoms with Gasteiger partial charge >= 0.3 is 0 Å². The number of hydrogen-bond acceptors (Lipinski definition) is 4. The van der Waals surface area contributed by atoms with Gasteiger partial charge in [0.05, 0.1) is 16.8 Å². The third-order valence-electron chi connectivity index (χ3n) is 5.18. The molecule has 0 saturated carbocycles. The molecule has 3 aromatic carbocycles. The molecule has 1 N–H and O–H groups in total. The number of carbonyl (C=O) groups excluding carboxylic acids is 2. The summed E-state index contributed by atoms with van der Waals surface area (Å²) in [5, 5.41) is 0.282. The van der Waals surface area contributed by atoms with Crippen LogP contribution in [0.25, 0.3) is 5.69 Å². The first-order valence-corrected chi connectivity index (χ1v) is 11.1. The molecule has 152 valence electrons. The van der Waals surface area contributed by atoms with E-state index in [1.165, 1.54) is 10.8 Å². The third-order valence-corrected chi connectivity index (χ3v) is 7.05. The molecule has 1 unspecified atom stereocenters. The largest absolute Gasteiger partial charge is 0.336 e. The Morgan fingerprint density at radius 3 is 1.90 bits per heavy atom. The van der Waals surface area contributed by atoms with Crippen molar-refractivity contribution in [3.05, 3.63) is 102 Å². The highest BCUT2D eigenvalue weighted by Crippen LogP contribution is 2.38. The summed E-state index contributed by atoms with van der Waals surface area (Å²) in [6.45, 7) is 0. The molecule has 1 aliphatic heterocycles. The first kappa shape index (κ1) is 19.2. The minimum absolute atomic E-state index is 0.0205. The maximum absolute atomic E-state index is 13.1. The van der Waals surface area contributed by atoms with Crippen LogP contribution < -0.4 is 15.8 Å². The highest BCUT2D eigenvalue weighted by atomic mass is 31.2. The van der Waals surface area contributed by atoms with Crippen molar-refractivity contribution in [3.8, 4) is 5.69 Å². The lowest BCUT2D eigenvalue weighted by Gasteiger charge is -2.16. The Hall–Kier alpha value is -3.80. The molecule has 0 radical (unpaired) electrons. The highest BCUT2D eigenvalue weighted by molar-refractivity contribution is 7.73. The summed E-state index contributed by atoms with van der Waals surface area (Å²) in [5.41, 5.74) is 1.77. The maximum atomic E-state index is 13.1. The second kappa shape index (κ2) is 7.16. The smallest absolute Gasteiger partial charge is 0.293 e. The van der Waals surface area contributed by atoms with E-state index in [2.05, 4.69) is 4.98 Å². The molecule has 1 aromatic heterocycles. The molecule has 7 nitrogen and oxygen atoms in total. The summed E-state index contributed by atoms with van der Waals surface area (Å²) in [6.07, 6.45) is 3.05. The van der Waals surface area contributed by atoms with Gasteiger partial charge in [-0.15, -0.1) is 0 Å². The average molecular weight is 429 g/mol. The fourth-order valence-electron chi connectivity index (χ4n) is 3.65.